The fourth-order valence-electron chi connectivity index (χ4n) is 2.99. The Morgan fingerprint density at radius 2 is 1.72 bits per heavy atom. The van der Waals surface area contributed by atoms with Crippen LogP contribution in [0.1, 0.15) is 27.7 Å². The quantitative estimate of drug-likeness (QED) is 0.670. The number of amides is 2. The number of ether oxygens (including phenoxy) is 2. The largest absolute Gasteiger partial charge is 0.468 e. The number of methoxy groups -OCH3 is 1. The highest BCUT2D eigenvalue weighted by Gasteiger charge is 2.58. The Bertz CT molecular complexity index is 893. The molecule has 1 heterocycles. The number of sulfone groups is 1. The SMILES string of the molecule is COC(=O)CN1CCN(C(=O)OC(C)(C)C)C(C)(S(=O)(=O)c2ccccc2)C1=O. The van der Waals surface area contributed by atoms with E-state index >= 15 is 0 Å². The van der Waals surface area contributed by atoms with E-state index < -0.39 is 44.8 Å². The average Bonchev–Trinajstić information content (AvgIpc) is 2.64. The lowest BCUT2D eigenvalue weighted by atomic mass is 10.1. The van der Waals surface area contributed by atoms with Crippen LogP contribution in [0.4, 0.5) is 4.79 Å². The molecule has 0 bridgehead atoms. The van der Waals surface area contributed by atoms with Crippen LogP contribution in [0.3, 0.4) is 0 Å². The summed E-state index contributed by atoms with van der Waals surface area (Å²) in [6.45, 7) is 5.51. The van der Waals surface area contributed by atoms with Crippen LogP contribution < -0.4 is 0 Å². The maximum Gasteiger partial charge on any atom is 0.412 e. The van der Waals surface area contributed by atoms with Crippen molar-refractivity contribution in [3.8, 4) is 0 Å². The van der Waals surface area contributed by atoms with Crippen LogP contribution in [0.5, 0.6) is 0 Å². The fourth-order valence-corrected chi connectivity index (χ4v) is 4.78. The average molecular weight is 426 g/mol. The number of carbonyl (C=O) groups excluding carboxylic acids is 3. The highest BCUT2D eigenvalue weighted by atomic mass is 32.2. The molecule has 1 aromatic carbocycles. The van der Waals surface area contributed by atoms with Crippen molar-refractivity contribution in [2.24, 2.45) is 0 Å². The molecule has 0 N–H and O–H groups in total. The number of hydrogen-bond acceptors (Lipinski definition) is 7. The number of carbonyl (C=O) groups is 3. The predicted octanol–water partition coefficient (Wildman–Crippen LogP) is 1.43. The molecule has 1 aliphatic rings. The van der Waals surface area contributed by atoms with Gasteiger partial charge in [-0.3, -0.25) is 14.5 Å². The summed E-state index contributed by atoms with van der Waals surface area (Å²) >= 11 is 0. The molecule has 1 aromatic rings. The molecule has 9 nitrogen and oxygen atoms in total. The number of hydrogen-bond donors (Lipinski definition) is 0. The molecule has 1 aliphatic heterocycles. The molecule has 0 aromatic heterocycles. The maximum absolute atomic E-state index is 13.5. The van der Waals surface area contributed by atoms with Gasteiger partial charge >= 0.3 is 12.1 Å². The fraction of sp³-hybridized carbons (Fsp3) is 0.526. The number of benzene rings is 1. The second-order valence-electron chi connectivity index (χ2n) is 7.73. The van der Waals surface area contributed by atoms with E-state index in [1.54, 1.807) is 26.8 Å². The van der Waals surface area contributed by atoms with Gasteiger partial charge in [0.15, 0.2) is 0 Å². The van der Waals surface area contributed by atoms with Gasteiger partial charge in [0.25, 0.3) is 5.91 Å². The zero-order valence-electron chi connectivity index (χ0n) is 17.2. The Morgan fingerprint density at radius 1 is 1.14 bits per heavy atom. The summed E-state index contributed by atoms with van der Waals surface area (Å²) in [6.07, 6.45) is -0.925. The molecule has 1 fully saturated rings. The Kier molecular flexibility index (Phi) is 6.27. The first kappa shape index (κ1) is 22.7. The first-order valence-corrected chi connectivity index (χ1v) is 10.5. The van der Waals surface area contributed by atoms with E-state index in [2.05, 4.69) is 4.74 Å². The van der Waals surface area contributed by atoms with Crippen molar-refractivity contribution >= 4 is 27.8 Å². The predicted molar refractivity (Wildman–Crippen MR) is 104 cm³/mol. The Labute approximate surface area is 170 Å². The summed E-state index contributed by atoms with van der Waals surface area (Å²) in [4.78, 5) is 37.4. The van der Waals surface area contributed by atoms with Crippen LogP contribution in [-0.2, 0) is 28.9 Å². The molecular formula is C19H26N2O7S. The van der Waals surface area contributed by atoms with Gasteiger partial charge in [-0.25, -0.2) is 13.2 Å². The summed E-state index contributed by atoms with van der Waals surface area (Å²) in [6, 6.07) is 7.38. The molecule has 0 spiro atoms. The van der Waals surface area contributed by atoms with Crippen molar-refractivity contribution in [3.05, 3.63) is 30.3 Å². The summed E-state index contributed by atoms with van der Waals surface area (Å²) in [5.74, 6) is -1.59. The van der Waals surface area contributed by atoms with Gasteiger partial charge in [0.05, 0.1) is 12.0 Å². The Balaban J connectivity index is 2.57. The lowest BCUT2D eigenvalue weighted by Gasteiger charge is -2.46. The van der Waals surface area contributed by atoms with Gasteiger partial charge in [0.2, 0.25) is 14.7 Å². The van der Waals surface area contributed by atoms with Gasteiger partial charge < -0.3 is 14.4 Å². The minimum atomic E-state index is -4.35. The lowest BCUT2D eigenvalue weighted by Crippen LogP contribution is -2.69. The molecule has 160 valence electrons. The number of piperazine rings is 1. The Morgan fingerprint density at radius 3 is 2.24 bits per heavy atom. The van der Waals surface area contributed by atoms with Gasteiger partial charge in [-0.2, -0.15) is 0 Å². The third kappa shape index (κ3) is 4.36. The van der Waals surface area contributed by atoms with E-state index in [0.717, 1.165) is 16.7 Å². The highest BCUT2D eigenvalue weighted by Crippen LogP contribution is 2.35. The molecule has 29 heavy (non-hydrogen) atoms. The maximum atomic E-state index is 13.5. The van der Waals surface area contributed by atoms with Crippen LogP contribution in [0, 0.1) is 0 Å². The second kappa shape index (κ2) is 8.02. The molecule has 10 heteroatoms. The van der Waals surface area contributed by atoms with Gasteiger partial charge in [0, 0.05) is 13.1 Å². The first-order valence-electron chi connectivity index (χ1n) is 9.01. The first-order chi connectivity index (χ1) is 13.3. The van der Waals surface area contributed by atoms with E-state index in [1.807, 2.05) is 0 Å². The van der Waals surface area contributed by atoms with Gasteiger partial charge in [-0.1, -0.05) is 18.2 Å². The van der Waals surface area contributed by atoms with E-state index in [1.165, 1.54) is 31.4 Å². The number of esters is 1. The highest BCUT2D eigenvalue weighted by molar-refractivity contribution is 7.93. The minimum absolute atomic E-state index is 0.0346. The van der Waals surface area contributed by atoms with Crippen molar-refractivity contribution in [1.82, 2.24) is 9.80 Å². The molecule has 1 atom stereocenters. The van der Waals surface area contributed by atoms with Crippen LogP contribution >= 0.6 is 0 Å². The summed E-state index contributed by atoms with van der Waals surface area (Å²) in [7, 11) is -3.18. The Hall–Kier alpha value is -2.62. The minimum Gasteiger partial charge on any atom is -0.468 e. The van der Waals surface area contributed by atoms with Gasteiger partial charge in [-0.05, 0) is 39.8 Å². The van der Waals surface area contributed by atoms with Crippen molar-refractivity contribution in [1.29, 1.82) is 0 Å². The normalized spacial score (nSPS) is 20.4. The van der Waals surface area contributed by atoms with Crippen LogP contribution in [0.25, 0.3) is 0 Å². The van der Waals surface area contributed by atoms with E-state index in [-0.39, 0.29) is 18.0 Å². The van der Waals surface area contributed by atoms with Crippen LogP contribution in [0.2, 0.25) is 0 Å². The van der Waals surface area contributed by atoms with E-state index in [4.69, 9.17) is 4.74 Å². The molecular weight excluding hydrogens is 400 g/mol. The zero-order valence-corrected chi connectivity index (χ0v) is 18.0. The second-order valence-corrected chi connectivity index (χ2v) is 10.0. The summed E-state index contributed by atoms with van der Waals surface area (Å²) in [5, 5.41) is 0. The van der Waals surface area contributed by atoms with Gasteiger partial charge in [-0.15, -0.1) is 0 Å². The topological polar surface area (TPSA) is 110 Å². The smallest absolute Gasteiger partial charge is 0.412 e. The molecule has 1 saturated heterocycles. The van der Waals surface area contributed by atoms with E-state index in [9.17, 15) is 22.8 Å². The van der Waals surface area contributed by atoms with Crippen molar-refractivity contribution < 1.29 is 32.3 Å². The molecule has 0 radical (unpaired) electrons. The molecule has 2 amide bonds. The molecule has 2 rings (SSSR count). The van der Waals surface area contributed by atoms with Crippen LogP contribution in [0.15, 0.2) is 35.2 Å². The molecule has 1 unspecified atom stereocenters. The third-order valence-corrected chi connectivity index (χ3v) is 6.87. The number of rotatable bonds is 4. The monoisotopic (exact) mass is 426 g/mol. The third-order valence-electron chi connectivity index (χ3n) is 4.53. The van der Waals surface area contributed by atoms with Crippen molar-refractivity contribution in [2.75, 3.05) is 26.7 Å². The van der Waals surface area contributed by atoms with Crippen molar-refractivity contribution in [2.45, 2.75) is 43.1 Å². The molecule has 0 saturated carbocycles. The summed E-state index contributed by atoms with van der Waals surface area (Å²) < 4.78 is 36.9. The van der Waals surface area contributed by atoms with Crippen molar-refractivity contribution in [3.63, 3.8) is 0 Å². The summed E-state index contributed by atoms with van der Waals surface area (Å²) in [5.41, 5.74) is -0.888. The van der Waals surface area contributed by atoms with E-state index in [0.29, 0.717) is 0 Å². The lowest BCUT2D eigenvalue weighted by molar-refractivity contribution is -0.152. The molecule has 0 aliphatic carbocycles. The zero-order chi connectivity index (χ0) is 22.0. The number of nitrogens with zero attached hydrogens (tertiary/aromatic N) is 2. The van der Waals surface area contributed by atoms with Gasteiger partial charge in [0.1, 0.15) is 12.1 Å². The standard InChI is InChI=1S/C19H26N2O7S/c1-18(2,3)28-17(24)21-12-11-20(13-15(22)27-5)16(23)19(21,4)29(25,26)14-9-7-6-8-10-14/h6-10H,11-13H2,1-5H3. The van der Waals surface area contributed by atoms with Crippen LogP contribution in [-0.4, -0.2) is 73.4 Å².